The van der Waals surface area contributed by atoms with Gasteiger partial charge in [-0.25, -0.2) is 0 Å². The van der Waals surface area contributed by atoms with Crippen molar-refractivity contribution in [2.24, 2.45) is 5.92 Å². The summed E-state index contributed by atoms with van der Waals surface area (Å²) in [7, 11) is 0. The van der Waals surface area contributed by atoms with Gasteiger partial charge in [0.2, 0.25) is 5.91 Å². The minimum atomic E-state index is 0.0636. The van der Waals surface area contributed by atoms with Crippen LogP contribution in [0.2, 0.25) is 0 Å². The molecule has 0 unspecified atom stereocenters. The number of halogens is 2. The Labute approximate surface area is 111 Å². The fraction of sp³-hybridized carbons (Fsp3) is 0.364. The SMILES string of the molecule is Nc1cc(Br)c(NC(=O)CC2CC2)c(Br)c1. The number of carbonyl (C=O) groups excluding carboxylic acids is 1. The van der Waals surface area contributed by atoms with E-state index in [4.69, 9.17) is 5.73 Å². The van der Waals surface area contributed by atoms with Crippen molar-refractivity contribution in [2.75, 3.05) is 11.1 Å². The molecule has 1 amide bonds. The number of anilines is 2. The van der Waals surface area contributed by atoms with Crippen LogP contribution in [0.3, 0.4) is 0 Å². The van der Waals surface area contributed by atoms with E-state index in [1.807, 2.05) is 0 Å². The van der Waals surface area contributed by atoms with Gasteiger partial charge in [0.05, 0.1) is 5.69 Å². The lowest BCUT2D eigenvalue weighted by Crippen LogP contribution is -2.13. The Balaban J connectivity index is 2.10. The van der Waals surface area contributed by atoms with Gasteiger partial charge in [0, 0.05) is 21.1 Å². The van der Waals surface area contributed by atoms with E-state index in [-0.39, 0.29) is 5.91 Å². The van der Waals surface area contributed by atoms with Gasteiger partial charge in [-0.3, -0.25) is 4.79 Å². The van der Waals surface area contributed by atoms with Gasteiger partial charge in [-0.1, -0.05) is 0 Å². The fourth-order valence-electron chi connectivity index (χ4n) is 1.49. The van der Waals surface area contributed by atoms with Gasteiger partial charge in [-0.2, -0.15) is 0 Å². The molecule has 1 fully saturated rings. The van der Waals surface area contributed by atoms with Crippen LogP contribution < -0.4 is 11.1 Å². The molecule has 0 aliphatic heterocycles. The molecule has 0 bridgehead atoms. The molecule has 86 valence electrons. The van der Waals surface area contributed by atoms with Gasteiger partial charge in [-0.05, 0) is 62.8 Å². The van der Waals surface area contributed by atoms with E-state index in [0.717, 1.165) is 14.6 Å². The molecule has 5 heteroatoms. The number of nitrogen functional groups attached to an aromatic ring is 1. The summed E-state index contributed by atoms with van der Waals surface area (Å²) in [5, 5.41) is 2.89. The largest absolute Gasteiger partial charge is 0.399 e. The Kier molecular flexibility index (Phi) is 3.54. The number of amides is 1. The molecular weight excluding hydrogens is 336 g/mol. The van der Waals surface area contributed by atoms with Gasteiger partial charge in [0.25, 0.3) is 0 Å². The maximum atomic E-state index is 11.7. The van der Waals surface area contributed by atoms with Gasteiger partial charge in [-0.15, -0.1) is 0 Å². The van der Waals surface area contributed by atoms with Crippen molar-refractivity contribution in [2.45, 2.75) is 19.3 Å². The van der Waals surface area contributed by atoms with Crippen LogP contribution in [0.4, 0.5) is 11.4 Å². The number of benzene rings is 1. The normalized spacial score (nSPS) is 14.9. The third-order valence-electron chi connectivity index (χ3n) is 2.50. The van der Waals surface area contributed by atoms with Gasteiger partial charge in [0.1, 0.15) is 0 Å². The minimum Gasteiger partial charge on any atom is -0.399 e. The first kappa shape index (κ1) is 11.9. The topological polar surface area (TPSA) is 55.1 Å². The van der Waals surface area contributed by atoms with Crippen molar-refractivity contribution in [3.05, 3.63) is 21.1 Å². The highest BCUT2D eigenvalue weighted by Gasteiger charge is 2.24. The molecule has 1 aromatic rings. The van der Waals surface area contributed by atoms with Crippen LogP contribution >= 0.6 is 31.9 Å². The van der Waals surface area contributed by atoms with Gasteiger partial charge in [0.15, 0.2) is 0 Å². The van der Waals surface area contributed by atoms with Crippen molar-refractivity contribution in [1.82, 2.24) is 0 Å². The zero-order valence-corrected chi connectivity index (χ0v) is 11.8. The number of hydrogen-bond acceptors (Lipinski definition) is 2. The molecule has 1 aromatic carbocycles. The highest BCUT2D eigenvalue weighted by Crippen LogP contribution is 2.35. The molecule has 0 heterocycles. The van der Waals surface area contributed by atoms with Gasteiger partial charge >= 0.3 is 0 Å². The molecule has 0 spiro atoms. The Morgan fingerprint density at radius 1 is 1.38 bits per heavy atom. The second-order valence-electron chi connectivity index (χ2n) is 4.06. The summed E-state index contributed by atoms with van der Waals surface area (Å²) in [4.78, 5) is 11.7. The third-order valence-corrected chi connectivity index (χ3v) is 3.75. The molecule has 1 aliphatic carbocycles. The van der Waals surface area contributed by atoms with Crippen LogP contribution in [-0.4, -0.2) is 5.91 Å². The van der Waals surface area contributed by atoms with Crippen LogP contribution in [0, 0.1) is 5.92 Å². The Hall–Kier alpha value is -0.550. The van der Waals surface area contributed by atoms with Crippen LogP contribution in [0.25, 0.3) is 0 Å². The van der Waals surface area contributed by atoms with E-state index >= 15 is 0 Å². The van der Waals surface area contributed by atoms with E-state index < -0.39 is 0 Å². The molecule has 3 N–H and O–H groups in total. The maximum absolute atomic E-state index is 11.7. The lowest BCUT2D eigenvalue weighted by molar-refractivity contribution is -0.116. The van der Waals surface area contributed by atoms with E-state index in [9.17, 15) is 4.79 Å². The molecule has 1 aliphatic rings. The minimum absolute atomic E-state index is 0.0636. The molecule has 0 aromatic heterocycles. The number of hydrogen-bond donors (Lipinski definition) is 2. The van der Waals surface area contributed by atoms with Crippen molar-refractivity contribution in [3.63, 3.8) is 0 Å². The first-order valence-corrected chi connectivity index (χ1v) is 6.69. The number of nitrogens with one attached hydrogen (secondary N) is 1. The lowest BCUT2D eigenvalue weighted by Gasteiger charge is -2.10. The molecule has 0 saturated heterocycles. The summed E-state index contributed by atoms with van der Waals surface area (Å²) in [6.07, 6.45) is 2.97. The third kappa shape index (κ3) is 2.98. The quantitative estimate of drug-likeness (QED) is 0.822. The summed E-state index contributed by atoms with van der Waals surface area (Å²) < 4.78 is 1.59. The van der Waals surface area contributed by atoms with Gasteiger partial charge < -0.3 is 11.1 Å². The first-order chi connectivity index (χ1) is 7.56. The molecule has 1 saturated carbocycles. The predicted molar refractivity (Wildman–Crippen MR) is 72.2 cm³/mol. The smallest absolute Gasteiger partial charge is 0.224 e. The number of nitrogens with two attached hydrogens (primary N) is 1. The van der Waals surface area contributed by atoms with Crippen LogP contribution in [0.1, 0.15) is 19.3 Å². The monoisotopic (exact) mass is 346 g/mol. The molecule has 0 radical (unpaired) electrons. The van der Waals surface area contributed by atoms with Crippen molar-refractivity contribution in [3.8, 4) is 0 Å². The van der Waals surface area contributed by atoms with E-state index in [1.165, 1.54) is 12.8 Å². The Morgan fingerprint density at radius 2 is 1.94 bits per heavy atom. The van der Waals surface area contributed by atoms with Crippen LogP contribution in [0.15, 0.2) is 21.1 Å². The summed E-state index contributed by atoms with van der Waals surface area (Å²) in [6, 6.07) is 3.55. The van der Waals surface area contributed by atoms with E-state index in [1.54, 1.807) is 12.1 Å². The highest BCUT2D eigenvalue weighted by molar-refractivity contribution is 9.11. The first-order valence-electron chi connectivity index (χ1n) is 5.10. The number of carbonyl (C=O) groups is 1. The highest BCUT2D eigenvalue weighted by atomic mass is 79.9. The Morgan fingerprint density at radius 3 is 2.44 bits per heavy atom. The van der Waals surface area contributed by atoms with E-state index in [2.05, 4.69) is 37.2 Å². The second kappa shape index (κ2) is 4.75. The van der Waals surface area contributed by atoms with E-state index in [0.29, 0.717) is 18.0 Å². The zero-order chi connectivity index (χ0) is 11.7. The second-order valence-corrected chi connectivity index (χ2v) is 5.76. The summed E-state index contributed by atoms with van der Waals surface area (Å²) in [5.41, 5.74) is 7.08. The molecule has 16 heavy (non-hydrogen) atoms. The standard InChI is InChI=1S/C11H12Br2N2O/c12-8-4-7(14)5-9(13)11(8)15-10(16)3-6-1-2-6/h4-6H,1-3,14H2,(H,15,16). The van der Waals surface area contributed by atoms with Crippen LogP contribution in [-0.2, 0) is 4.79 Å². The average Bonchev–Trinajstić information content (AvgIpc) is 2.95. The summed E-state index contributed by atoms with van der Waals surface area (Å²) >= 11 is 6.77. The van der Waals surface area contributed by atoms with Crippen molar-refractivity contribution < 1.29 is 4.79 Å². The zero-order valence-electron chi connectivity index (χ0n) is 8.59. The molecule has 3 nitrogen and oxygen atoms in total. The average molecular weight is 348 g/mol. The fourth-order valence-corrected chi connectivity index (χ4v) is 2.91. The number of rotatable bonds is 3. The van der Waals surface area contributed by atoms with Crippen molar-refractivity contribution >= 4 is 49.1 Å². The summed E-state index contributed by atoms with van der Waals surface area (Å²) in [6.45, 7) is 0. The lowest BCUT2D eigenvalue weighted by atomic mass is 10.2. The molecular formula is C11H12Br2N2O. The Bertz CT molecular complexity index is 407. The maximum Gasteiger partial charge on any atom is 0.224 e. The van der Waals surface area contributed by atoms with Crippen LogP contribution in [0.5, 0.6) is 0 Å². The summed E-state index contributed by atoms with van der Waals surface area (Å²) in [5.74, 6) is 0.653. The molecule has 2 rings (SSSR count). The molecule has 0 atom stereocenters. The van der Waals surface area contributed by atoms with Crippen molar-refractivity contribution in [1.29, 1.82) is 0 Å². The predicted octanol–water partition coefficient (Wildman–Crippen LogP) is 3.53.